The number of rotatable bonds is 7. The molecule has 20 heavy (non-hydrogen) atoms. The molecule has 1 aromatic heterocycles. The molecule has 0 saturated carbocycles. The van der Waals surface area contributed by atoms with Crippen molar-refractivity contribution in [3.63, 3.8) is 0 Å². The Hall–Kier alpha value is -1.89. The molecule has 110 valence electrons. The molecule has 0 aromatic carbocycles. The van der Waals surface area contributed by atoms with Crippen LogP contribution in [0.15, 0.2) is 17.5 Å². The molecule has 0 bridgehead atoms. The Labute approximate surface area is 121 Å². The van der Waals surface area contributed by atoms with Crippen molar-refractivity contribution in [2.75, 3.05) is 26.7 Å². The summed E-state index contributed by atoms with van der Waals surface area (Å²) in [5, 5.41) is 4.33. The summed E-state index contributed by atoms with van der Waals surface area (Å²) in [4.78, 5) is 36.8. The molecule has 0 aliphatic rings. The first-order chi connectivity index (χ1) is 9.58. The van der Waals surface area contributed by atoms with Crippen LogP contribution in [0.5, 0.6) is 0 Å². The number of hydrogen-bond donors (Lipinski definition) is 1. The smallest absolute Gasteiger partial charge is 0.325 e. The lowest BCUT2D eigenvalue weighted by Crippen LogP contribution is -2.43. The van der Waals surface area contributed by atoms with E-state index in [1.165, 1.54) is 23.3 Å². The van der Waals surface area contributed by atoms with Crippen molar-refractivity contribution in [3.05, 3.63) is 22.4 Å². The molecule has 1 heterocycles. The topological polar surface area (TPSA) is 75.7 Å². The molecule has 0 atom stereocenters. The van der Waals surface area contributed by atoms with E-state index in [9.17, 15) is 14.4 Å². The molecule has 0 saturated heterocycles. The average molecular weight is 298 g/mol. The van der Waals surface area contributed by atoms with Gasteiger partial charge >= 0.3 is 5.97 Å². The highest BCUT2D eigenvalue weighted by Gasteiger charge is 2.17. The normalized spacial score (nSPS) is 9.90. The first kappa shape index (κ1) is 16.2. The number of carbonyl (C=O) groups is 3. The van der Waals surface area contributed by atoms with Gasteiger partial charge in [-0.05, 0) is 17.9 Å². The maximum Gasteiger partial charge on any atom is 0.325 e. The van der Waals surface area contributed by atoms with Gasteiger partial charge in [0.05, 0.1) is 18.5 Å². The second-order valence-corrected chi connectivity index (χ2v) is 5.00. The highest BCUT2D eigenvalue weighted by Crippen LogP contribution is 2.07. The van der Waals surface area contributed by atoms with Crippen molar-refractivity contribution in [2.45, 2.75) is 13.3 Å². The van der Waals surface area contributed by atoms with Crippen LogP contribution in [0.3, 0.4) is 0 Å². The van der Waals surface area contributed by atoms with Crippen molar-refractivity contribution in [2.24, 2.45) is 0 Å². The van der Waals surface area contributed by atoms with Crippen molar-refractivity contribution in [3.8, 4) is 0 Å². The van der Waals surface area contributed by atoms with E-state index in [1.807, 2.05) is 6.92 Å². The van der Waals surface area contributed by atoms with Crippen molar-refractivity contribution >= 4 is 29.1 Å². The van der Waals surface area contributed by atoms with Gasteiger partial charge in [0.15, 0.2) is 0 Å². The molecular weight excluding hydrogens is 280 g/mol. The minimum absolute atomic E-state index is 0.0992. The van der Waals surface area contributed by atoms with E-state index in [2.05, 4.69) is 10.1 Å². The summed E-state index contributed by atoms with van der Waals surface area (Å²) in [5.41, 5.74) is 0. The standard InChI is InChI=1S/C13H18N2O4S/c1-3-6-15(9-12(17)19-2)11(16)8-14-13(18)10-5-4-7-20-10/h4-5,7H,3,6,8-9H2,1-2H3,(H,14,18). The molecule has 0 spiro atoms. The monoisotopic (exact) mass is 298 g/mol. The Balaban J connectivity index is 2.49. The lowest BCUT2D eigenvalue weighted by molar-refractivity contribution is -0.146. The highest BCUT2D eigenvalue weighted by molar-refractivity contribution is 7.12. The van der Waals surface area contributed by atoms with Crippen molar-refractivity contribution in [1.82, 2.24) is 10.2 Å². The Morgan fingerprint density at radius 1 is 1.40 bits per heavy atom. The number of amides is 2. The number of nitrogens with one attached hydrogen (secondary N) is 1. The van der Waals surface area contributed by atoms with Crippen LogP contribution in [-0.4, -0.2) is 49.4 Å². The molecule has 1 N–H and O–H groups in total. The molecule has 0 aliphatic carbocycles. The fourth-order valence-electron chi connectivity index (χ4n) is 1.54. The molecule has 0 aliphatic heterocycles. The molecule has 0 fully saturated rings. The van der Waals surface area contributed by atoms with E-state index < -0.39 is 5.97 Å². The largest absolute Gasteiger partial charge is 0.468 e. The summed E-state index contributed by atoms with van der Waals surface area (Å²) >= 11 is 1.30. The predicted octanol–water partition coefficient (Wildman–Crippen LogP) is 0.890. The summed E-state index contributed by atoms with van der Waals surface area (Å²) in [6, 6.07) is 3.45. The summed E-state index contributed by atoms with van der Waals surface area (Å²) in [5.74, 6) is -1.07. The maximum atomic E-state index is 12.0. The van der Waals surface area contributed by atoms with Gasteiger partial charge in [-0.3, -0.25) is 14.4 Å². The highest BCUT2D eigenvalue weighted by atomic mass is 32.1. The van der Waals surface area contributed by atoms with E-state index in [0.717, 1.165) is 6.42 Å². The number of ether oxygens (including phenoxy) is 1. The Kier molecular flexibility index (Phi) is 6.72. The van der Waals surface area contributed by atoms with Gasteiger partial charge in [0.1, 0.15) is 6.54 Å². The van der Waals surface area contributed by atoms with Crippen LogP contribution in [0.1, 0.15) is 23.0 Å². The fraction of sp³-hybridized carbons (Fsp3) is 0.462. The van der Waals surface area contributed by atoms with Crippen LogP contribution in [0.25, 0.3) is 0 Å². The maximum absolute atomic E-state index is 12.0. The third-order valence-corrected chi connectivity index (χ3v) is 3.41. The number of esters is 1. The third-order valence-electron chi connectivity index (χ3n) is 2.54. The van der Waals surface area contributed by atoms with Crippen LogP contribution in [0, 0.1) is 0 Å². The van der Waals surface area contributed by atoms with Gasteiger partial charge in [0, 0.05) is 6.54 Å². The van der Waals surface area contributed by atoms with Gasteiger partial charge in [-0.15, -0.1) is 11.3 Å². The van der Waals surface area contributed by atoms with Crippen LogP contribution in [0.2, 0.25) is 0 Å². The van der Waals surface area contributed by atoms with Gasteiger partial charge in [0.2, 0.25) is 5.91 Å². The second-order valence-electron chi connectivity index (χ2n) is 4.05. The number of nitrogens with zero attached hydrogens (tertiary/aromatic N) is 1. The number of hydrogen-bond acceptors (Lipinski definition) is 5. The van der Waals surface area contributed by atoms with Gasteiger partial charge in [-0.2, -0.15) is 0 Å². The first-order valence-corrected chi connectivity index (χ1v) is 7.12. The summed E-state index contributed by atoms with van der Waals surface area (Å²) < 4.78 is 4.54. The lowest BCUT2D eigenvalue weighted by atomic mass is 10.3. The van der Waals surface area contributed by atoms with E-state index in [1.54, 1.807) is 17.5 Å². The van der Waals surface area contributed by atoms with Crippen LogP contribution < -0.4 is 5.32 Å². The zero-order chi connectivity index (χ0) is 15.0. The summed E-state index contributed by atoms with van der Waals surface area (Å²) in [7, 11) is 1.27. The van der Waals surface area contributed by atoms with E-state index >= 15 is 0 Å². The van der Waals surface area contributed by atoms with Crippen LogP contribution in [-0.2, 0) is 14.3 Å². The minimum atomic E-state index is -0.476. The quantitative estimate of drug-likeness (QED) is 0.759. The van der Waals surface area contributed by atoms with Gasteiger partial charge in [0.25, 0.3) is 5.91 Å². The summed E-state index contributed by atoms with van der Waals surface area (Å²) in [6.07, 6.45) is 0.724. The zero-order valence-corrected chi connectivity index (χ0v) is 12.4. The van der Waals surface area contributed by atoms with Crippen LogP contribution >= 0.6 is 11.3 Å². The van der Waals surface area contributed by atoms with Crippen LogP contribution in [0.4, 0.5) is 0 Å². The molecular formula is C13H18N2O4S. The van der Waals surface area contributed by atoms with E-state index in [0.29, 0.717) is 11.4 Å². The van der Waals surface area contributed by atoms with Crippen molar-refractivity contribution in [1.29, 1.82) is 0 Å². The van der Waals surface area contributed by atoms with E-state index in [4.69, 9.17) is 0 Å². The van der Waals surface area contributed by atoms with Gasteiger partial charge in [-0.25, -0.2) is 0 Å². The number of carbonyl (C=O) groups excluding carboxylic acids is 3. The lowest BCUT2D eigenvalue weighted by Gasteiger charge is -2.20. The Morgan fingerprint density at radius 3 is 2.70 bits per heavy atom. The van der Waals surface area contributed by atoms with E-state index in [-0.39, 0.29) is 24.9 Å². The first-order valence-electron chi connectivity index (χ1n) is 6.24. The molecule has 0 unspecified atom stereocenters. The van der Waals surface area contributed by atoms with Gasteiger partial charge in [-0.1, -0.05) is 13.0 Å². The molecule has 1 aromatic rings. The van der Waals surface area contributed by atoms with Gasteiger partial charge < -0.3 is 15.0 Å². The summed E-state index contributed by atoms with van der Waals surface area (Å²) in [6.45, 7) is 2.12. The molecule has 7 heteroatoms. The SMILES string of the molecule is CCCN(CC(=O)OC)C(=O)CNC(=O)c1cccs1. The Bertz CT molecular complexity index is 459. The number of methoxy groups -OCH3 is 1. The third kappa shape index (κ3) is 5.00. The average Bonchev–Trinajstić information content (AvgIpc) is 2.97. The fourth-order valence-corrected chi connectivity index (χ4v) is 2.18. The molecule has 6 nitrogen and oxygen atoms in total. The molecule has 0 radical (unpaired) electrons. The zero-order valence-electron chi connectivity index (χ0n) is 11.5. The Morgan fingerprint density at radius 2 is 2.15 bits per heavy atom. The minimum Gasteiger partial charge on any atom is -0.468 e. The number of thiophene rings is 1. The second kappa shape index (κ2) is 8.31. The predicted molar refractivity (Wildman–Crippen MR) is 75.5 cm³/mol. The molecule has 2 amide bonds. The molecule has 1 rings (SSSR count). The van der Waals surface area contributed by atoms with Crippen molar-refractivity contribution < 1.29 is 19.1 Å².